The SMILES string of the molecule is CN(C)C(=O)CNC1CCCc2c1cnn2C. The van der Waals surface area contributed by atoms with Gasteiger partial charge >= 0.3 is 0 Å². The quantitative estimate of drug-likeness (QED) is 0.830. The minimum absolute atomic E-state index is 0.112. The van der Waals surface area contributed by atoms with Gasteiger partial charge in [-0.3, -0.25) is 9.48 Å². The first-order valence-electron chi connectivity index (χ1n) is 6.04. The Morgan fingerprint density at radius 3 is 3.12 bits per heavy atom. The summed E-state index contributed by atoms with van der Waals surface area (Å²) in [4.78, 5) is 13.2. The summed E-state index contributed by atoms with van der Waals surface area (Å²) in [5.41, 5.74) is 2.55. The average molecular weight is 236 g/mol. The summed E-state index contributed by atoms with van der Waals surface area (Å²) in [6, 6.07) is 0.274. The van der Waals surface area contributed by atoms with Crippen molar-refractivity contribution in [3.8, 4) is 0 Å². The average Bonchev–Trinajstić information content (AvgIpc) is 2.69. The van der Waals surface area contributed by atoms with Gasteiger partial charge in [0.1, 0.15) is 0 Å². The predicted octanol–water partition coefficient (Wildman–Crippen LogP) is 0.475. The predicted molar refractivity (Wildman–Crippen MR) is 65.6 cm³/mol. The van der Waals surface area contributed by atoms with E-state index in [9.17, 15) is 4.79 Å². The zero-order valence-corrected chi connectivity index (χ0v) is 10.7. The third-order valence-electron chi connectivity index (χ3n) is 3.37. The minimum atomic E-state index is 0.112. The first-order valence-corrected chi connectivity index (χ1v) is 6.04. The van der Waals surface area contributed by atoms with Gasteiger partial charge in [0.25, 0.3) is 0 Å². The van der Waals surface area contributed by atoms with E-state index in [1.807, 2.05) is 17.9 Å². The monoisotopic (exact) mass is 236 g/mol. The summed E-state index contributed by atoms with van der Waals surface area (Å²) in [6.07, 6.45) is 5.25. The topological polar surface area (TPSA) is 50.2 Å². The van der Waals surface area contributed by atoms with Gasteiger partial charge in [0.15, 0.2) is 0 Å². The molecule has 1 heterocycles. The number of likely N-dealkylation sites (N-methyl/N-ethyl adjacent to an activating group) is 1. The second-order valence-electron chi connectivity index (χ2n) is 4.78. The van der Waals surface area contributed by atoms with Gasteiger partial charge in [-0.2, -0.15) is 5.10 Å². The Kier molecular flexibility index (Phi) is 3.47. The van der Waals surface area contributed by atoms with Gasteiger partial charge in [-0.1, -0.05) is 0 Å². The lowest BCUT2D eigenvalue weighted by atomic mass is 9.93. The van der Waals surface area contributed by atoms with Crippen LogP contribution in [0.1, 0.15) is 30.1 Å². The highest BCUT2D eigenvalue weighted by Crippen LogP contribution is 2.28. The number of aromatic nitrogens is 2. The van der Waals surface area contributed by atoms with Crippen LogP contribution in [0.5, 0.6) is 0 Å². The van der Waals surface area contributed by atoms with Crippen LogP contribution in [0.15, 0.2) is 6.20 Å². The maximum atomic E-state index is 11.5. The number of nitrogens with zero attached hydrogens (tertiary/aromatic N) is 3. The highest BCUT2D eigenvalue weighted by molar-refractivity contribution is 5.77. The maximum Gasteiger partial charge on any atom is 0.236 e. The van der Waals surface area contributed by atoms with E-state index in [2.05, 4.69) is 10.4 Å². The first kappa shape index (κ1) is 12.1. The third-order valence-corrected chi connectivity index (χ3v) is 3.37. The molecule has 1 atom stereocenters. The molecule has 1 N–H and O–H groups in total. The normalized spacial score (nSPS) is 18.9. The van der Waals surface area contributed by atoms with Crippen LogP contribution in [-0.4, -0.2) is 41.2 Å². The number of nitrogens with one attached hydrogen (secondary N) is 1. The molecule has 1 aliphatic rings. The highest BCUT2D eigenvalue weighted by Gasteiger charge is 2.23. The largest absolute Gasteiger partial charge is 0.348 e. The lowest BCUT2D eigenvalue weighted by Crippen LogP contribution is -2.36. The zero-order chi connectivity index (χ0) is 12.4. The second kappa shape index (κ2) is 4.87. The fourth-order valence-corrected chi connectivity index (χ4v) is 2.29. The molecule has 0 spiro atoms. The number of carbonyl (C=O) groups excluding carboxylic acids is 1. The van der Waals surface area contributed by atoms with Crippen LogP contribution in [0, 0.1) is 0 Å². The van der Waals surface area contributed by atoms with Crippen LogP contribution in [0.2, 0.25) is 0 Å². The van der Waals surface area contributed by atoms with Crippen LogP contribution in [-0.2, 0) is 18.3 Å². The number of hydrogen-bond donors (Lipinski definition) is 1. The van der Waals surface area contributed by atoms with Crippen molar-refractivity contribution in [2.45, 2.75) is 25.3 Å². The molecule has 5 nitrogen and oxygen atoms in total. The molecule has 2 rings (SSSR count). The number of carbonyl (C=O) groups is 1. The Morgan fingerprint density at radius 2 is 2.41 bits per heavy atom. The molecule has 0 aliphatic heterocycles. The molecule has 0 radical (unpaired) electrons. The number of aryl methyl sites for hydroxylation is 1. The van der Waals surface area contributed by atoms with E-state index in [1.54, 1.807) is 19.0 Å². The smallest absolute Gasteiger partial charge is 0.236 e. The van der Waals surface area contributed by atoms with Crippen molar-refractivity contribution in [1.29, 1.82) is 0 Å². The van der Waals surface area contributed by atoms with Gasteiger partial charge in [-0.05, 0) is 19.3 Å². The summed E-state index contributed by atoms with van der Waals surface area (Å²) < 4.78 is 1.94. The van der Waals surface area contributed by atoms with Gasteiger partial charge < -0.3 is 10.2 Å². The van der Waals surface area contributed by atoms with E-state index in [0.29, 0.717) is 6.54 Å². The summed E-state index contributed by atoms with van der Waals surface area (Å²) in [5.74, 6) is 0.112. The fraction of sp³-hybridized carbons (Fsp3) is 0.667. The Hall–Kier alpha value is -1.36. The first-order chi connectivity index (χ1) is 8.09. The third kappa shape index (κ3) is 2.49. The lowest BCUT2D eigenvalue weighted by molar-refractivity contribution is -0.127. The molecule has 94 valence electrons. The molecule has 0 fully saturated rings. The molecule has 0 saturated heterocycles. The van der Waals surface area contributed by atoms with Crippen molar-refractivity contribution in [2.75, 3.05) is 20.6 Å². The number of amides is 1. The Labute approximate surface area is 102 Å². The summed E-state index contributed by atoms with van der Waals surface area (Å²) in [7, 11) is 5.53. The maximum absolute atomic E-state index is 11.5. The summed E-state index contributed by atoms with van der Waals surface area (Å²) in [5, 5.41) is 7.62. The molecule has 1 amide bonds. The Balaban J connectivity index is 2.02. The lowest BCUT2D eigenvalue weighted by Gasteiger charge is -2.24. The molecule has 17 heavy (non-hydrogen) atoms. The van der Waals surface area contributed by atoms with Crippen molar-refractivity contribution in [3.05, 3.63) is 17.5 Å². The number of hydrogen-bond acceptors (Lipinski definition) is 3. The van der Waals surface area contributed by atoms with Gasteiger partial charge in [0.2, 0.25) is 5.91 Å². The minimum Gasteiger partial charge on any atom is -0.348 e. The van der Waals surface area contributed by atoms with Crippen LogP contribution >= 0.6 is 0 Å². The van der Waals surface area contributed by atoms with Crippen LogP contribution < -0.4 is 5.32 Å². The molecule has 1 aliphatic carbocycles. The molecular weight excluding hydrogens is 216 g/mol. The van der Waals surface area contributed by atoms with Crippen molar-refractivity contribution in [2.24, 2.45) is 7.05 Å². The fourth-order valence-electron chi connectivity index (χ4n) is 2.29. The van der Waals surface area contributed by atoms with E-state index < -0.39 is 0 Å². The van der Waals surface area contributed by atoms with E-state index >= 15 is 0 Å². The second-order valence-corrected chi connectivity index (χ2v) is 4.78. The molecule has 0 saturated carbocycles. The van der Waals surface area contributed by atoms with Gasteiger partial charge in [-0.15, -0.1) is 0 Å². The van der Waals surface area contributed by atoms with Crippen molar-refractivity contribution in [3.63, 3.8) is 0 Å². The van der Waals surface area contributed by atoms with Crippen molar-refractivity contribution < 1.29 is 4.79 Å². The number of rotatable bonds is 3. The zero-order valence-electron chi connectivity index (χ0n) is 10.7. The van der Waals surface area contributed by atoms with E-state index in [4.69, 9.17) is 0 Å². The van der Waals surface area contributed by atoms with Crippen molar-refractivity contribution in [1.82, 2.24) is 20.0 Å². The molecule has 0 bridgehead atoms. The van der Waals surface area contributed by atoms with Crippen LogP contribution in [0.25, 0.3) is 0 Å². The highest BCUT2D eigenvalue weighted by atomic mass is 16.2. The summed E-state index contributed by atoms with van der Waals surface area (Å²) >= 11 is 0. The van der Waals surface area contributed by atoms with Crippen molar-refractivity contribution >= 4 is 5.91 Å². The van der Waals surface area contributed by atoms with Crippen LogP contribution in [0.4, 0.5) is 0 Å². The Morgan fingerprint density at radius 1 is 1.65 bits per heavy atom. The molecule has 1 aromatic rings. The molecule has 1 aromatic heterocycles. The van der Waals surface area contributed by atoms with Gasteiger partial charge in [0.05, 0.1) is 12.7 Å². The standard InChI is InChI=1S/C12H20N4O/c1-15(2)12(17)8-13-10-5-4-6-11-9(10)7-14-16(11)3/h7,10,13H,4-6,8H2,1-3H3. The molecule has 5 heteroatoms. The van der Waals surface area contributed by atoms with E-state index in [1.165, 1.54) is 11.3 Å². The molecular formula is C12H20N4O. The van der Waals surface area contributed by atoms with E-state index in [-0.39, 0.29) is 11.9 Å². The molecule has 1 unspecified atom stereocenters. The summed E-state index contributed by atoms with van der Waals surface area (Å²) in [6.45, 7) is 0.395. The van der Waals surface area contributed by atoms with E-state index in [0.717, 1.165) is 19.3 Å². The number of fused-ring (bicyclic) bond motifs is 1. The van der Waals surface area contributed by atoms with Crippen LogP contribution in [0.3, 0.4) is 0 Å². The van der Waals surface area contributed by atoms with Gasteiger partial charge in [-0.25, -0.2) is 0 Å². The Bertz CT molecular complexity index is 411. The van der Waals surface area contributed by atoms with Gasteiger partial charge in [0, 0.05) is 38.4 Å². The molecule has 0 aromatic carbocycles.